The summed E-state index contributed by atoms with van der Waals surface area (Å²) in [6.07, 6.45) is 1.23. The molecule has 0 radical (unpaired) electrons. The van der Waals surface area contributed by atoms with Gasteiger partial charge in [-0.25, -0.2) is 0 Å². The molecule has 0 amide bonds. The van der Waals surface area contributed by atoms with Crippen molar-refractivity contribution in [1.29, 1.82) is 0 Å². The molecule has 0 spiro atoms. The minimum Gasteiger partial charge on any atom is -0.508 e. The van der Waals surface area contributed by atoms with Crippen molar-refractivity contribution in [2.75, 3.05) is 7.11 Å². The summed E-state index contributed by atoms with van der Waals surface area (Å²) in [5, 5.41) is 29.2. The lowest BCUT2D eigenvalue weighted by Crippen LogP contribution is -2.15. The molecule has 3 rings (SSSR count). The number of hydrogen-bond acceptors (Lipinski definition) is 5. The Bertz CT molecular complexity index is 657. The van der Waals surface area contributed by atoms with E-state index in [1.165, 1.54) is 19.2 Å². The quantitative estimate of drug-likeness (QED) is 0.792. The van der Waals surface area contributed by atoms with Gasteiger partial charge >= 0.3 is 0 Å². The molecule has 110 valence electrons. The van der Waals surface area contributed by atoms with Gasteiger partial charge in [-0.3, -0.25) is 0 Å². The Morgan fingerprint density at radius 1 is 1.10 bits per heavy atom. The average Bonchev–Trinajstić information content (AvgIpc) is 2.46. The molecule has 3 N–H and O–H groups in total. The van der Waals surface area contributed by atoms with E-state index in [1.54, 1.807) is 12.1 Å². The Morgan fingerprint density at radius 2 is 1.81 bits per heavy atom. The first-order valence-corrected chi connectivity index (χ1v) is 6.67. The van der Waals surface area contributed by atoms with Crippen LogP contribution in [-0.2, 0) is 6.42 Å². The van der Waals surface area contributed by atoms with E-state index in [0.29, 0.717) is 11.3 Å². The third-order valence-electron chi connectivity index (χ3n) is 3.64. The molecule has 0 aromatic heterocycles. The topological polar surface area (TPSA) is 79.2 Å². The molecular weight excluding hydrogens is 272 g/mol. The molecule has 21 heavy (non-hydrogen) atoms. The van der Waals surface area contributed by atoms with Crippen LogP contribution in [0, 0.1) is 0 Å². The predicted molar refractivity (Wildman–Crippen MR) is 76.1 cm³/mol. The van der Waals surface area contributed by atoms with E-state index < -0.39 is 0 Å². The van der Waals surface area contributed by atoms with Crippen molar-refractivity contribution in [3.8, 4) is 28.7 Å². The van der Waals surface area contributed by atoms with Crippen LogP contribution in [0.25, 0.3) is 0 Å². The maximum Gasteiger partial charge on any atom is 0.202 e. The number of hydrogen-bond donors (Lipinski definition) is 3. The third-order valence-corrected chi connectivity index (χ3v) is 3.64. The Morgan fingerprint density at radius 3 is 2.48 bits per heavy atom. The highest BCUT2D eigenvalue weighted by Crippen LogP contribution is 2.42. The van der Waals surface area contributed by atoms with Crippen molar-refractivity contribution in [2.24, 2.45) is 0 Å². The molecular formula is C16H16O5. The Labute approximate surface area is 122 Å². The summed E-state index contributed by atoms with van der Waals surface area (Å²) in [4.78, 5) is 0. The number of ether oxygens (including phenoxy) is 2. The second-order valence-electron chi connectivity index (χ2n) is 5.03. The molecule has 5 nitrogen and oxygen atoms in total. The first-order valence-electron chi connectivity index (χ1n) is 6.67. The maximum atomic E-state index is 9.86. The highest BCUT2D eigenvalue weighted by molar-refractivity contribution is 5.53. The summed E-state index contributed by atoms with van der Waals surface area (Å²) in [6, 6.07) is 8.09. The van der Waals surface area contributed by atoms with E-state index >= 15 is 0 Å². The summed E-state index contributed by atoms with van der Waals surface area (Å²) >= 11 is 0. The molecule has 5 heteroatoms. The molecule has 2 aromatic rings. The van der Waals surface area contributed by atoms with Gasteiger partial charge in [0.25, 0.3) is 0 Å². The van der Waals surface area contributed by atoms with Crippen LogP contribution in [0.1, 0.15) is 23.7 Å². The van der Waals surface area contributed by atoms with E-state index in [0.717, 1.165) is 18.4 Å². The molecule has 1 aliphatic heterocycles. The van der Waals surface area contributed by atoms with Crippen LogP contribution in [-0.4, -0.2) is 22.4 Å². The van der Waals surface area contributed by atoms with Crippen molar-refractivity contribution >= 4 is 0 Å². The van der Waals surface area contributed by atoms with Crippen LogP contribution in [0.2, 0.25) is 0 Å². The fourth-order valence-corrected chi connectivity index (χ4v) is 2.61. The van der Waals surface area contributed by atoms with Crippen molar-refractivity contribution in [1.82, 2.24) is 0 Å². The van der Waals surface area contributed by atoms with Crippen LogP contribution < -0.4 is 9.47 Å². The zero-order valence-corrected chi connectivity index (χ0v) is 11.5. The molecule has 0 saturated carbocycles. The number of phenolic OH excluding ortho intramolecular Hbond substituents is 3. The summed E-state index contributed by atoms with van der Waals surface area (Å²) in [6.45, 7) is 0. The van der Waals surface area contributed by atoms with Crippen LogP contribution in [0.5, 0.6) is 28.7 Å². The fourth-order valence-electron chi connectivity index (χ4n) is 2.61. The first-order chi connectivity index (χ1) is 10.1. The lowest BCUT2D eigenvalue weighted by molar-refractivity contribution is 0.175. The van der Waals surface area contributed by atoms with Gasteiger partial charge in [0, 0.05) is 6.07 Å². The van der Waals surface area contributed by atoms with E-state index in [-0.39, 0.29) is 29.1 Å². The van der Waals surface area contributed by atoms with Gasteiger partial charge in [-0.05, 0) is 42.2 Å². The smallest absolute Gasteiger partial charge is 0.202 e. The van der Waals surface area contributed by atoms with Crippen molar-refractivity contribution in [2.45, 2.75) is 18.9 Å². The van der Waals surface area contributed by atoms with Gasteiger partial charge < -0.3 is 24.8 Å². The summed E-state index contributed by atoms with van der Waals surface area (Å²) in [5.41, 5.74) is 1.70. The number of aromatic hydroxyl groups is 3. The minimum atomic E-state index is -0.290. The maximum absolute atomic E-state index is 9.86. The third kappa shape index (κ3) is 2.42. The van der Waals surface area contributed by atoms with E-state index in [1.807, 2.05) is 6.07 Å². The Hall–Kier alpha value is -2.56. The van der Waals surface area contributed by atoms with Crippen molar-refractivity contribution < 1.29 is 24.8 Å². The average molecular weight is 288 g/mol. The van der Waals surface area contributed by atoms with E-state index in [2.05, 4.69) is 0 Å². The second kappa shape index (κ2) is 5.09. The zero-order chi connectivity index (χ0) is 15.0. The molecule has 2 aromatic carbocycles. The van der Waals surface area contributed by atoms with Gasteiger partial charge in [0.05, 0.1) is 7.11 Å². The standard InChI is InChI=1S/C16H16O5/c1-20-16-12(18)6-10(7-13(16)19)14-5-3-9-2-4-11(17)8-15(9)21-14/h2,4,6-8,14,17-19H,3,5H2,1H3. The molecule has 0 aliphatic carbocycles. The highest BCUT2D eigenvalue weighted by Gasteiger charge is 2.24. The molecule has 1 aliphatic rings. The summed E-state index contributed by atoms with van der Waals surface area (Å²) < 4.78 is 10.8. The Kier molecular flexibility index (Phi) is 3.25. The van der Waals surface area contributed by atoms with Crippen molar-refractivity contribution in [3.05, 3.63) is 41.5 Å². The number of rotatable bonds is 2. The van der Waals surface area contributed by atoms with E-state index in [4.69, 9.17) is 9.47 Å². The normalized spacial score (nSPS) is 16.9. The predicted octanol–water partition coefficient (Wildman–Crippen LogP) is 2.88. The zero-order valence-electron chi connectivity index (χ0n) is 11.5. The monoisotopic (exact) mass is 288 g/mol. The Balaban J connectivity index is 1.92. The molecule has 0 saturated heterocycles. The minimum absolute atomic E-state index is 0.0487. The number of aryl methyl sites for hydroxylation is 1. The van der Waals surface area contributed by atoms with Gasteiger partial charge in [0.2, 0.25) is 5.75 Å². The van der Waals surface area contributed by atoms with Crippen LogP contribution in [0.3, 0.4) is 0 Å². The summed E-state index contributed by atoms with van der Waals surface area (Å²) in [5.74, 6) is 0.569. The lowest BCUT2D eigenvalue weighted by atomic mass is 9.97. The highest BCUT2D eigenvalue weighted by atomic mass is 16.5. The molecule has 0 bridgehead atoms. The largest absolute Gasteiger partial charge is 0.508 e. The van der Waals surface area contributed by atoms with Gasteiger partial charge in [-0.15, -0.1) is 0 Å². The SMILES string of the molecule is COc1c(O)cc(C2CCc3ccc(O)cc3O2)cc1O. The van der Waals surface area contributed by atoms with Gasteiger partial charge in [-0.1, -0.05) is 6.07 Å². The van der Waals surface area contributed by atoms with Crippen LogP contribution in [0.15, 0.2) is 30.3 Å². The number of methoxy groups -OCH3 is 1. The number of fused-ring (bicyclic) bond motifs is 1. The number of phenols is 3. The van der Waals surface area contributed by atoms with Crippen LogP contribution >= 0.6 is 0 Å². The first kappa shape index (κ1) is 13.4. The fraction of sp³-hybridized carbons (Fsp3) is 0.250. The van der Waals surface area contributed by atoms with Gasteiger partial charge in [0.1, 0.15) is 17.6 Å². The van der Waals surface area contributed by atoms with Gasteiger partial charge in [-0.2, -0.15) is 0 Å². The molecule has 1 heterocycles. The van der Waals surface area contributed by atoms with E-state index in [9.17, 15) is 15.3 Å². The lowest BCUT2D eigenvalue weighted by Gasteiger charge is -2.27. The number of benzene rings is 2. The van der Waals surface area contributed by atoms with Crippen molar-refractivity contribution in [3.63, 3.8) is 0 Å². The summed E-state index contributed by atoms with van der Waals surface area (Å²) in [7, 11) is 1.38. The molecule has 0 fully saturated rings. The van der Waals surface area contributed by atoms with Crippen LogP contribution in [0.4, 0.5) is 0 Å². The van der Waals surface area contributed by atoms with Gasteiger partial charge in [0.15, 0.2) is 11.5 Å². The second-order valence-corrected chi connectivity index (χ2v) is 5.03. The molecule has 1 atom stereocenters. The molecule has 1 unspecified atom stereocenters.